The maximum atomic E-state index is 11.8. The zero-order valence-corrected chi connectivity index (χ0v) is 13.2. The number of rotatable bonds is 5. The molecule has 0 spiro atoms. The Kier molecular flexibility index (Phi) is 5.88. The molecule has 0 heterocycles. The normalized spacial score (nSPS) is 18.0. The molecule has 0 aromatic heterocycles. The molecule has 1 aliphatic rings. The molecule has 1 unspecified atom stereocenters. The van der Waals surface area contributed by atoms with Gasteiger partial charge in [-0.1, -0.05) is 43.4 Å². The monoisotopic (exact) mass is 310 g/mol. The smallest absolute Gasteiger partial charge is 0.239 e. The van der Waals surface area contributed by atoms with Crippen LogP contribution in [-0.2, 0) is 4.79 Å². The van der Waals surface area contributed by atoms with Gasteiger partial charge in [0.2, 0.25) is 5.91 Å². The van der Waals surface area contributed by atoms with E-state index in [0.29, 0.717) is 16.8 Å². The van der Waals surface area contributed by atoms with E-state index in [0.717, 1.165) is 18.4 Å². The summed E-state index contributed by atoms with van der Waals surface area (Å²) in [5.41, 5.74) is 6.36. The summed E-state index contributed by atoms with van der Waals surface area (Å²) >= 11 is 6.14. The van der Waals surface area contributed by atoms with Gasteiger partial charge in [0, 0.05) is 6.04 Å². The first-order valence-electron chi connectivity index (χ1n) is 7.50. The number of carbonyl (C=O) groups excluding carboxylic acids is 1. The van der Waals surface area contributed by atoms with E-state index >= 15 is 0 Å². The van der Waals surface area contributed by atoms with Gasteiger partial charge in [-0.25, -0.2) is 0 Å². The van der Waals surface area contributed by atoms with E-state index in [2.05, 4.69) is 5.32 Å². The molecule has 1 aliphatic carbocycles. The number of benzene rings is 1. The van der Waals surface area contributed by atoms with Crippen LogP contribution in [0.15, 0.2) is 18.2 Å². The van der Waals surface area contributed by atoms with Crippen LogP contribution in [0.3, 0.4) is 0 Å². The van der Waals surface area contributed by atoms with E-state index in [1.165, 1.54) is 25.7 Å². The molecular weight excluding hydrogens is 288 g/mol. The number of nitrogens with one attached hydrogen (secondary N) is 1. The van der Waals surface area contributed by atoms with Crippen molar-refractivity contribution < 1.29 is 9.53 Å². The molecule has 21 heavy (non-hydrogen) atoms. The second-order valence-electron chi connectivity index (χ2n) is 5.58. The van der Waals surface area contributed by atoms with Gasteiger partial charge >= 0.3 is 0 Å². The first-order valence-corrected chi connectivity index (χ1v) is 7.88. The molecule has 0 saturated heterocycles. The van der Waals surface area contributed by atoms with E-state index in [9.17, 15) is 4.79 Å². The van der Waals surface area contributed by atoms with E-state index in [4.69, 9.17) is 22.1 Å². The molecule has 1 aromatic carbocycles. The van der Waals surface area contributed by atoms with Crippen LogP contribution in [0.25, 0.3) is 0 Å². The predicted octanol–water partition coefficient (Wildman–Crippen LogP) is 3.19. The van der Waals surface area contributed by atoms with Crippen molar-refractivity contribution in [3.8, 4) is 5.75 Å². The number of methoxy groups -OCH3 is 1. The number of carbonyl (C=O) groups is 1. The molecule has 1 atom stereocenters. The Balaban J connectivity index is 2.14. The second kappa shape index (κ2) is 7.66. The van der Waals surface area contributed by atoms with Gasteiger partial charge in [0.25, 0.3) is 0 Å². The van der Waals surface area contributed by atoms with E-state index in [1.807, 2.05) is 6.07 Å². The summed E-state index contributed by atoms with van der Waals surface area (Å²) in [7, 11) is 1.57. The Morgan fingerprint density at radius 3 is 2.52 bits per heavy atom. The van der Waals surface area contributed by atoms with Gasteiger partial charge < -0.3 is 10.5 Å². The first kappa shape index (κ1) is 16.1. The summed E-state index contributed by atoms with van der Waals surface area (Å²) in [6, 6.07) is 5.19. The largest absolute Gasteiger partial charge is 0.495 e. The molecule has 116 valence electrons. The lowest BCUT2D eigenvalue weighted by Crippen LogP contribution is -2.39. The third-order valence-corrected chi connectivity index (χ3v) is 4.35. The van der Waals surface area contributed by atoms with Gasteiger partial charge in [-0.2, -0.15) is 0 Å². The van der Waals surface area contributed by atoms with Crippen LogP contribution in [0.1, 0.15) is 50.1 Å². The highest BCUT2D eigenvalue weighted by molar-refractivity contribution is 6.32. The fraction of sp³-hybridized carbons (Fsp3) is 0.562. The number of halogens is 1. The predicted molar refractivity (Wildman–Crippen MR) is 84.6 cm³/mol. The number of nitrogens with two attached hydrogens (primary N) is 1. The van der Waals surface area contributed by atoms with Crippen molar-refractivity contribution in [2.24, 2.45) is 5.73 Å². The number of hydrogen-bond donors (Lipinski definition) is 2. The zero-order valence-electron chi connectivity index (χ0n) is 12.4. The third kappa shape index (κ3) is 4.35. The van der Waals surface area contributed by atoms with Gasteiger partial charge in [0.15, 0.2) is 0 Å². The van der Waals surface area contributed by atoms with E-state index in [-0.39, 0.29) is 5.91 Å². The highest BCUT2D eigenvalue weighted by atomic mass is 35.5. The lowest BCUT2D eigenvalue weighted by Gasteiger charge is -2.23. The van der Waals surface area contributed by atoms with Gasteiger partial charge in [0.05, 0.1) is 12.1 Å². The van der Waals surface area contributed by atoms with Gasteiger partial charge in [-0.15, -0.1) is 0 Å². The summed E-state index contributed by atoms with van der Waals surface area (Å²) in [5, 5.41) is 3.89. The van der Waals surface area contributed by atoms with Crippen LogP contribution in [0.5, 0.6) is 5.75 Å². The standard InChI is InChI=1S/C16H23ClN2O2/c1-21-14-9-8-11(10-13(14)17)15(16(18)20)19-12-6-4-2-3-5-7-12/h8-10,12,15,19H,2-7H2,1H3,(H2,18,20). The zero-order chi connectivity index (χ0) is 15.2. The van der Waals surface area contributed by atoms with E-state index in [1.54, 1.807) is 19.2 Å². The van der Waals surface area contributed by atoms with Crippen molar-refractivity contribution in [1.29, 1.82) is 0 Å². The highest BCUT2D eigenvalue weighted by Gasteiger charge is 2.23. The number of hydrogen-bond acceptors (Lipinski definition) is 3. The molecule has 1 saturated carbocycles. The van der Waals surface area contributed by atoms with Crippen molar-refractivity contribution in [2.75, 3.05) is 7.11 Å². The van der Waals surface area contributed by atoms with Crippen LogP contribution >= 0.6 is 11.6 Å². The molecular formula is C16H23ClN2O2. The topological polar surface area (TPSA) is 64.3 Å². The van der Waals surface area contributed by atoms with Crippen LogP contribution < -0.4 is 15.8 Å². The maximum absolute atomic E-state index is 11.8. The van der Waals surface area contributed by atoms with Crippen LogP contribution in [0.4, 0.5) is 0 Å². The molecule has 3 N–H and O–H groups in total. The van der Waals surface area contributed by atoms with Gasteiger partial charge in [-0.05, 0) is 30.5 Å². The van der Waals surface area contributed by atoms with Crippen molar-refractivity contribution in [1.82, 2.24) is 5.32 Å². The van der Waals surface area contributed by atoms with Crippen molar-refractivity contribution in [2.45, 2.75) is 50.6 Å². The third-order valence-electron chi connectivity index (χ3n) is 4.05. The lowest BCUT2D eigenvalue weighted by molar-refractivity contribution is -0.120. The average molecular weight is 311 g/mol. The first-order chi connectivity index (χ1) is 10.1. The maximum Gasteiger partial charge on any atom is 0.239 e. The van der Waals surface area contributed by atoms with E-state index < -0.39 is 6.04 Å². The number of amides is 1. The van der Waals surface area contributed by atoms with Crippen molar-refractivity contribution in [3.63, 3.8) is 0 Å². The molecule has 0 aliphatic heterocycles. The fourth-order valence-corrected chi connectivity index (χ4v) is 3.15. The molecule has 1 amide bonds. The average Bonchev–Trinajstić information content (AvgIpc) is 2.73. The number of primary amides is 1. The van der Waals surface area contributed by atoms with Crippen LogP contribution in [0, 0.1) is 0 Å². The minimum atomic E-state index is -0.503. The fourth-order valence-electron chi connectivity index (χ4n) is 2.89. The molecule has 0 bridgehead atoms. The molecule has 4 nitrogen and oxygen atoms in total. The Labute approximate surface area is 131 Å². The summed E-state index contributed by atoms with van der Waals surface area (Å²) in [5.74, 6) is 0.221. The molecule has 0 radical (unpaired) electrons. The summed E-state index contributed by atoms with van der Waals surface area (Å²) < 4.78 is 5.14. The Bertz CT molecular complexity index is 485. The molecule has 1 fully saturated rings. The summed E-state index contributed by atoms with van der Waals surface area (Å²) in [6.07, 6.45) is 7.13. The van der Waals surface area contributed by atoms with Gasteiger partial charge in [0.1, 0.15) is 11.8 Å². The minimum Gasteiger partial charge on any atom is -0.495 e. The second-order valence-corrected chi connectivity index (χ2v) is 5.99. The molecule has 1 aromatic rings. The quantitative estimate of drug-likeness (QED) is 0.821. The summed E-state index contributed by atoms with van der Waals surface area (Å²) in [4.78, 5) is 11.8. The summed E-state index contributed by atoms with van der Waals surface area (Å²) in [6.45, 7) is 0. The van der Waals surface area contributed by atoms with Crippen LogP contribution in [-0.4, -0.2) is 19.1 Å². The van der Waals surface area contributed by atoms with Crippen LogP contribution in [0.2, 0.25) is 5.02 Å². The Hall–Kier alpha value is -1.26. The van der Waals surface area contributed by atoms with Crippen molar-refractivity contribution in [3.05, 3.63) is 28.8 Å². The highest BCUT2D eigenvalue weighted by Crippen LogP contribution is 2.28. The molecule has 2 rings (SSSR count). The van der Waals surface area contributed by atoms with Crippen molar-refractivity contribution >= 4 is 17.5 Å². The number of ether oxygens (including phenoxy) is 1. The lowest BCUT2D eigenvalue weighted by atomic mass is 10.0. The minimum absolute atomic E-state index is 0.339. The Morgan fingerprint density at radius 1 is 1.33 bits per heavy atom. The SMILES string of the molecule is COc1ccc(C(NC2CCCCCC2)C(N)=O)cc1Cl. The van der Waals surface area contributed by atoms with Gasteiger partial charge in [-0.3, -0.25) is 10.1 Å². The Morgan fingerprint density at radius 2 is 2.00 bits per heavy atom. The molecule has 5 heteroatoms.